The predicted molar refractivity (Wildman–Crippen MR) is 165 cm³/mol. The van der Waals surface area contributed by atoms with Gasteiger partial charge in [0.15, 0.2) is 4.80 Å². The van der Waals surface area contributed by atoms with E-state index in [1.54, 1.807) is 32.1 Å². The number of ether oxygens (including phenoxy) is 2. The van der Waals surface area contributed by atoms with Crippen molar-refractivity contribution < 1.29 is 19.2 Å². The molecule has 0 aliphatic carbocycles. The zero-order valence-electron chi connectivity index (χ0n) is 23.8. The number of thiazole rings is 1. The maximum Gasteiger partial charge on any atom is 0.338 e. The summed E-state index contributed by atoms with van der Waals surface area (Å²) in [7, 11) is 1.53. The molecule has 0 unspecified atom stereocenters. The van der Waals surface area contributed by atoms with Crippen molar-refractivity contribution in [2.24, 2.45) is 10.9 Å². The van der Waals surface area contributed by atoms with Gasteiger partial charge in [-0.05, 0) is 62.9 Å². The quantitative estimate of drug-likeness (QED) is 0.206. The fraction of sp³-hybridized carbons (Fsp3) is 0.367. The number of esters is 1. The highest BCUT2D eigenvalue weighted by molar-refractivity contribution is 9.10. The zero-order valence-corrected chi connectivity index (χ0v) is 26.2. The summed E-state index contributed by atoms with van der Waals surface area (Å²) in [6.45, 7) is 7.47. The third kappa shape index (κ3) is 5.65. The largest absolute Gasteiger partial charge is 0.496 e. The van der Waals surface area contributed by atoms with Gasteiger partial charge in [0.05, 0.1) is 34.4 Å². The lowest BCUT2D eigenvalue weighted by Gasteiger charge is -2.33. The number of piperidine rings is 1. The minimum absolute atomic E-state index is 0.0552. The Morgan fingerprint density at radius 1 is 1.24 bits per heavy atom. The van der Waals surface area contributed by atoms with Crippen molar-refractivity contribution in [3.05, 3.63) is 93.1 Å². The molecule has 12 heteroatoms. The molecule has 3 aromatic rings. The number of fused-ring (bicyclic) bond motifs is 1. The SMILES string of the molecule is CCOC(=O)C1=C(C)N=c2s/c(=C\c3cc([N+](=O)[O-])ccc3N3CCC(C)CC3)c(=O)n2[C@@H]1c1cc(Br)ccc1OC. The molecule has 2 aliphatic rings. The van der Waals surface area contributed by atoms with Crippen LogP contribution in [0, 0.1) is 16.0 Å². The highest BCUT2D eigenvalue weighted by Gasteiger charge is 2.35. The van der Waals surface area contributed by atoms with Gasteiger partial charge < -0.3 is 14.4 Å². The second-order valence-electron chi connectivity index (χ2n) is 10.4. The van der Waals surface area contributed by atoms with Gasteiger partial charge in [0.1, 0.15) is 11.8 Å². The van der Waals surface area contributed by atoms with Crippen LogP contribution in [0.4, 0.5) is 11.4 Å². The Kier molecular flexibility index (Phi) is 8.65. The second-order valence-corrected chi connectivity index (χ2v) is 12.3. The third-order valence-electron chi connectivity index (χ3n) is 7.64. The summed E-state index contributed by atoms with van der Waals surface area (Å²) < 4.78 is 13.6. The molecule has 1 aromatic heterocycles. The minimum atomic E-state index is -0.858. The van der Waals surface area contributed by atoms with Crippen LogP contribution in [0.25, 0.3) is 6.08 Å². The van der Waals surface area contributed by atoms with E-state index >= 15 is 0 Å². The summed E-state index contributed by atoms with van der Waals surface area (Å²) >= 11 is 4.68. The highest BCUT2D eigenvalue weighted by atomic mass is 79.9. The van der Waals surface area contributed by atoms with Crippen molar-refractivity contribution in [1.82, 2.24) is 4.57 Å². The molecule has 10 nitrogen and oxygen atoms in total. The van der Waals surface area contributed by atoms with E-state index in [1.165, 1.54) is 35.1 Å². The molecule has 2 aromatic carbocycles. The molecule has 220 valence electrons. The molecule has 0 saturated carbocycles. The van der Waals surface area contributed by atoms with E-state index in [9.17, 15) is 19.7 Å². The number of rotatable bonds is 7. The van der Waals surface area contributed by atoms with Crippen molar-refractivity contribution in [2.45, 2.75) is 39.7 Å². The number of halogens is 1. The Morgan fingerprint density at radius 3 is 2.64 bits per heavy atom. The first kappa shape index (κ1) is 29.7. The van der Waals surface area contributed by atoms with E-state index in [1.807, 2.05) is 12.1 Å². The molecule has 1 saturated heterocycles. The van der Waals surface area contributed by atoms with E-state index < -0.39 is 16.9 Å². The van der Waals surface area contributed by atoms with Gasteiger partial charge in [0.2, 0.25) is 0 Å². The van der Waals surface area contributed by atoms with Crippen molar-refractivity contribution in [2.75, 3.05) is 31.7 Å². The first-order valence-electron chi connectivity index (χ1n) is 13.7. The number of nitro groups is 1. The number of methoxy groups -OCH3 is 1. The summed E-state index contributed by atoms with van der Waals surface area (Å²) in [5.74, 6) is 0.535. The van der Waals surface area contributed by atoms with Gasteiger partial charge in [-0.1, -0.05) is 34.2 Å². The molecule has 2 aliphatic heterocycles. The van der Waals surface area contributed by atoms with Crippen LogP contribution in [0.15, 0.2) is 61.9 Å². The number of carbonyl (C=O) groups excluding carboxylic acids is 1. The van der Waals surface area contributed by atoms with Crippen LogP contribution in [0.2, 0.25) is 0 Å². The Hall–Kier alpha value is -3.77. The highest BCUT2D eigenvalue weighted by Crippen LogP contribution is 2.37. The van der Waals surface area contributed by atoms with Crippen molar-refractivity contribution in [1.29, 1.82) is 0 Å². The monoisotopic (exact) mass is 654 g/mol. The standard InChI is InChI=1S/C30H31BrN4O6S/c1-5-41-29(37)26-18(3)32-30-34(27(26)22-16-20(31)6-9-24(22)40-4)28(36)25(42-30)15-19-14-21(35(38)39)7-8-23(19)33-12-10-17(2)11-13-33/h6-9,14-17,27H,5,10-13H2,1-4H3/b25-15-/t27-/m1/s1. The molecule has 0 amide bonds. The summed E-state index contributed by atoms with van der Waals surface area (Å²) in [6, 6.07) is 9.31. The number of anilines is 1. The van der Waals surface area contributed by atoms with E-state index in [4.69, 9.17) is 9.47 Å². The van der Waals surface area contributed by atoms with E-state index in [2.05, 4.69) is 32.7 Å². The third-order valence-corrected chi connectivity index (χ3v) is 9.11. The molecule has 0 N–H and O–H groups in total. The number of hydrogen-bond acceptors (Lipinski definition) is 9. The fourth-order valence-electron chi connectivity index (χ4n) is 5.45. The lowest BCUT2D eigenvalue weighted by molar-refractivity contribution is -0.384. The lowest BCUT2D eigenvalue weighted by Crippen LogP contribution is -2.40. The van der Waals surface area contributed by atoms with Crippen LogP contribution in [0.3, 0.4) is 0 Å². The average Bonchev–Trinajstić information content (AvgIpc) is 3.26. The molecule has 42 heavy (non-hydrogen) atoms. The van der Waals surface area contributed by atoms with Gasteiger partial charge in [-0.25, -0.2) is 9.79 Å². The molecule has 5 rings (SSSR count). The Morgan fingerprint density at radius 2 is 1.98 bits per heavy atom. The van der Waals surface area contributed by atoms with E-state index in [0.29, 0.717) is 37.8 Å². The molecular weight excluding hydrogens is 624 g/mol. The molecule has 3 heterocycles. The maximum absolute atomic E-state index is 14.2. The Labute approximate surface area is 254 Å². The summed E-state index contributed by atoms with van der Waals surface area (Å²) in [5.41, 5.74) is 2.27. The Balaban J connectivity index is 1.74. The smallest absolute Gasteiger partial charge is 0.338 e. The molecular formula is C30H31BrN4O6S. The van der Waals surface area contributed by atoms with Gasteiger partial charge in [0.25, 0.3) is 11.2 Å². The first-order chi connectivity index (χ1) is 20.1. The van der Waals surface area contributed by atoms with E-state index in [-0.39, 0.29) is 23.4 Å². The van der Waals surface area contributed by atoms with Crippen LogP contribution < -0.4 is 24.5 Å². The number of allylic oxidation sites excluding steroid dienone is 1. The normalized spacial score (nSPS) is 17.6. The molecule has 1 atom stereocenters. The maximum atomic E-state index is 14.2. The van der Waals surface area contributed by atoms with Gasteiger partial charge in [0, 0.05) is 46.5 Å². The Bertz CT molecular complexity index is 1770. The molecule has 1 fully saturated rings. The number of aromatic nitrogens is 1. The van der Waals surface area contributed by atoms with E-state index in [0.717, 1.165) is 36.1 Å². The minimum Gasteiger partial charge on any atom is -0.496 e. The lowest BCUT2D eigenvalue weighted by atomic mass is 9.95. The van der Waals surface area contributed by atoms with Crippen molar-refractivity contribution >= 4 is 50.7 Å². The van der Waals surface area contributed by atoms with Crippen LogP contribution >= 0.6 is 27.3 Å². The van der Waals surface area contributed by atoms with Gasteiger partial charge in [-0.15, -0.1) is 0 Å². The van der Waals surface area contributed by atoms with Crippen LogP contribution in [-0.2, 0) is 9.53 Å². The number of hydrogen-bond donors (Lipinski definition) is 0. The van der Waals surface area contributed by atoms with Crippen LogP contribution in [0.1, 0.15) is 50.8 Å². The number of carbonyl (C=O) groups is 1. The molecule has 0 radical (unpaired) electrons. The van der Waals surface area contributed by atoms with Gasteiger partial charge in [-0.3, -0.25) is 19.5 Å². The average molecular weight is 656 g/mol. The number of nitro benzene ring substituents is 1. The first-order valence-corrected chi connectivity index (χ1v) is 15.3. The number of non-ortho nitro benzene ring substituents is 1. The molecule has 0 bridgehead atoms. The summed E-state index contributed by atoms with van der Waals surface area (Å²) in [5, 5.41) is 11.7. The zero-order chi connectivity index (χ0) is 30.1. The number of benzene rings is 2. The van der Waals surface area contributed by atoms with Gasteiger partial charge in [-0.2, -0.15) is 0 Å². The summed E-state index contributed by atoms with van der Waals surface area (Å²) in [4.78, 5) is 45.9. The van der Waals surface area contributed by atoms with Crippen LogP contribution in [-0.4, -0.2) is 42.3 Å². The van der Waals surface area contributed by atoms with Gasteiger partial charge >= 0.3 is 5.97 Å². The fourth-order valence-corrected chi connectivity index (χ4v) is 6.87. The molecule has 0 spiro atoms. The van der Waals surface area contributed by atoms with Crippen molar-refractivity contribution in [3.8, 4) is 5.75 Å². The topological polar surface area (TPSA) is 116 Å². The van der Waals surface area contributed by atoms with Crippen molar-refractivity contribution in [3.63, 3.8) is 0 Å². The number of nitrogens with zero attached hydrogens (tertiary/aromatic N) is 4. The van der Waals surface area contributed by atoms with Crippen LogP contribution in [0.5, 0.6) is 5.75 Å². The predicted octanol–water partition coefficient (Wildman–Crippen LogP) is 4.71. The second kappa shape index (κ2) is 12.2. The summed E-state index contributed by atoms with van der Waals surface area (Å²) in [6.07, 6.45) is 3.73.